The summed E-state index contributed by atoms with van der Waals surface area (Å²) in [5.74, 6) is 10.1. The van der Waals surface area contributed by atoms with E-state index in [1.54, 1.807) is 12.5 Å². The molecule has 0 spiro atoms. The van der Waals surface area contributed by atoms with Crippen LogP contribution < -0.4 is 0 Å². The molecule has 0 saturated heterocycles. The molecule has 286 valence electrons. The van der Waals surface area contributed by atoms with Crippen LogP contribution in [0.3, 0.4) is 0 Å². The van der Waals surface area contributed by atoms with E-state index in [0.717, 1.165) is 69.4 Å². The van der Waals surface area contributed by atoms with E-state index in [1.165, 1.54) is 6.39 Å². The molecule has 5 heterocycles. The molecule has 10 heteroatoms. The Morgan fingerprint density at radius 2 is 1.02 bits per heavy atom. The zero-order valence-corrected chi connectivity index (χ0v) is 35.1. The van der Waals surface area contributed by atoms with Gasteiger partial charge in [-0.3, -0.25) is 0 Å². The van der Waals surface area contributed by atoms with Gasteiger partial charge in [0.15, 0.2) is 30.0 Å². The lowest BCUT2D eigenvalue weighted by Gasteiger charge is -2.05. The van der Waals surface area contributed by atoms with E-state index in [-0.39, 0.29) is 0 Å². The molecule has 0 aliphatic heterocycles. The minimum atomic E-state index is 0.385. The normalized spacial score (nSPS) is 11.1. The average molecular weight is 710 g/mol. The highest BCUT2D eigenvalue weighted by atomic mass is 16.4. The first-order chi connectivity index (χ1) is 23.7. The number of oxazole rings is 5. The van der Waals surface area contributed by atoms with Gasteiger partial charge in [0.1, 0.15) is 29.3 Å². The molecule has 0 fully saturated rings. The van der Waals surface area contributed by atoms with Crippen LogP contribution in [0.15, 0.2) is 40.9 Å². The molecule has 5 aromatic heterocycles. The van der Waals surface area contributed by atoms with E-state index in [1.807, 2.05) is 34.6 Å². The molecule has 10 nitrogen and oxygen atoms in total. The summed E-state index contributed by atoms with van der Waals surface area (Å²) < 4.78 is 26.3. The zero-order valence-electron chi connectivity index (χ0n) is 35.1. The number of aromatic nitrogens is 5. The molecule has 51 heavy (non-hydrogen) atoms. The Hall–Kier alpha value is -3.95. The van der Waals surface area contributed by atoms with Crippen LogP contribution in [0.25, 0.3) is 0 Å². The van der Waals surface area contributed by atoms with Crippen molar-refractivity contribution in [3.8, 4) is 0 Å². The predicted octanol–water partition coefficient (Wildman–Crippen LogP) is 12.8. The highest BCUT2D eigenvalue weighted by Gasteiger charge is 2.17. The van der Waals surface area contributed by atoms with Crippen molar-refractivity contribution in [1.82, 2.24) is 24.9 Å². The molecule has 0 saturated carbocycles. The lowest BCUT2D eigenvalue weighted by Crippen LogP contribution is -1.95. The van der Waals surface area contributed by atoms with Crippen LogP contribution in [0.4, 0.5) is 0 Å². The van der Waals surface area contributed by atoms with Crippen molar-refractivity contribution >= 4 is 0 Å². The van der Waals surface area contributed by atoms with Crippen molar-refractivity contribution in [3.63, 3.8) is 0 Å². The molecule has 0 bridgehead atoms. The van der Waals surface area contributed by atoms with E-state index in [4.69, 9.17) is 22.1 Å². The van der Waals surface area contributed by atoms with Crippen molar-refractivity contribution in [1.29, 1.82) is 0 Å². The summed E-state index contributed by atoms with van der Waals surface area (Å²) in [6.45, 7) is 39.1. The molecule has 0 aliphatic rings. The molecule has 0 aromatic carbocycles. The Morgan fingerprint density at radius 3 is 1.27 bits per heavy atom. The van der Waals surface area contributed by atoms with Crippen LogP contribution in [0.5, 0.6) is 0 Å². The molecule has 5 rings (SSSR count). The Bertz CT molecular complexity index is 1590. The van der Waals surface area contributed by atoms with E-state index >= 15 is 0 Å². The quantitative estimate of drug-likeness (QED) is 0.161. The SMILES string of the molecule is Cc1cnc(C(C)C)o1.Cc1nc(C(C)C)c(C(C)C)o1.Cc1nc(C(C)C)co1.Cc1oc(C(C)C)nc1C(C)C.Cc1ocnc1C(C)C. The smallest absolute Gasteiger partial charge is 0.197 e. The maximum absolute atomic E-state index is 5.53. The number of hydrogen-bond acceptors (Lipinski definition) is 10. The van der Waals surface area contributed by atoms with Crippen LogP contribution in [0, 0.1) is 34.6 Å². The summed E-state index contributed by atoms with van der Waals surface area (Å²) in [7, 11) is 0. The molecular formula is C41H67N5O5. The van der Waals surface area contributed by atoms with Gasteiger partial charge in [-0.05, 0) is 44.4 Å². The highest BCUT2D eigenvalue weighted by Crippen LogP contribution is 2.26. The van der Waals surface area contributed by atoms with Crippen molar-refractivity contribution in [2.24, 2.45) is 0 Å². The number of rotatable bonds is 7. The molecule has 0 N–H and O–H groups in total. The summed E-state index contributed by atoms with van der Waals surface area (Å²) in [6, 6.07) is 0. The molecule has 0 radical (unpaired) electrons. The van der Waals surface area contributed by atoms with Gasteiger partial charge < -0.3 is 22.1 Å². The maximum Gasteiger partial charge on any atom is 0.197 e. The van der Waals surface area contributed by atoms with Crippen LogP contribution in [0.2, 0.25) is 0 Å². The van der Waals surface area contributed by atoms with Gasteiger partial charge in [-0.15, -0.1) is 0 Å². The minimum Gasteiger partial charge on any atom is -0.449 e. The third-order valence-electron chi connectivity index (χ3n) is 7.44. The summed E-state index contributed by atoms with van der Waals surface area (Å²) in [5.41, 5.74) is 4.31. The Morgan fingerprint density at radius 1 is 0.451 bits per heavy atom. The van der Waals surface area contributed by atoms with E-state index in [0.29, 0.717) is 41.4 Å². The van der Waals surface area contributed by atoms with Crippen molar-refractivity contribution in [2.45, 2.75) is 173 Å². The summed E-state index contributed by atoms with van der Waals surface area (Å²) in [4.78, 5) is 21.0. The summed E-state index contributed by atoms with van der Waals surface area (Å²) in [6.07, 6.45) is 4.94. The van der Waals surface area contributed by atoms with E-state index in [9.17, 15) is 0 Å². The van der Waals surface area contributed by atoms with Gasteiger partial charge >= 0.3 is 0 Å². The first kappa shape index (κ1) is 45.1. The van der Waals surface area contributed by atoms with Gasteiger partial charge in [-0.1, -0.05) is 96.9 Å². The number of nitrogens with zero attached hydrogens (tertiary/aromatic N) is 5. The van der Waals surface area contributed by atoms with Crippen molar-refractivity contribution < 1.29 is 22.1 Å². The topological polar surface area (TPSA) is 130 Å². The fraction of sp³-hybridized carbons (Fsp3) is 0.634. The van der Waals surface area contributed by atoms with Gasteiger partial charge in [0, 0.05) is 31.6 Å². The molecule has 5 aromatic rings. The maximum atomic E-state index is 5.53. The Balaban J connectivity index is 0.000000321. The fourth-order valence-electron chi connectivity index (χ4n) is 4.65. The first-order valence-corrected chi connectivity index (χ1v) is 18.3. The minimum absolute atomic E-state index is 0.385. The summed E-state index contributed by atoms with van der Waals surface area (Å²) in [5, 5.41) is 0. The second-order valence-corrected chi connectivity index (χ2v) is 15.0. The third-order valence-corrected chi connectivity index (χ3v) is 7.44. The fourth-order valence-corrected chi connectivity index (χ4v) is 4.65. The lowest BCUT2D eigenvalue weighted by atomic mass is 10.0. The number of aryl methyl sites for hydroxylation is 5. The van der Waals surface area contributed by atoms with Crippen LogP contribution in [-0.4, -0.2) is 24.9 Å². The second kappa shape index (κ2) is 21.4. The molecular weight excluding hydrogens is 642 g/mol. The van der Waals surface area contributed by atoms with Gasteiger partial charge in [0.05, 0.1) is 29.0 Å². The monoisotopic (exact) mass is 710 g/mol. The lowest BCUT2D eigenvalue weighted by molar-refractivity contribution is 0.449. The van der Waals surface area contributed by atoms with Gasteiger partial charge in [-0.25, -0.2) is 24.9 Å². The van der Waals surface area contributed by atoms with Gasteiger partial charge in [-0.2, -0.15) is 0 Å². The van der Waals surface area contributed by atoms with Crippen LogP contribution in [-0.2, 0) is 0 Å². The highest BCUT2D eigenvalue weighted by molar-refractivity contribution is 5.17. The van der Waals surface area contributed by atoms with Crippen LogP contribution in [0.1, 0.15) is 208 Å². The molecule has 0 amide bonds. The zero-order chi connectivity index (χ0) is 39.2. The molecule has 0 unspecified atom stereocenters. The predicted molar refractivity (Wildman–Crippen MR) is 205 cm³/mol. The molecule has 0 aliphatic carbocycles. The summed E-state index contributed by atoms with van der Waals surface area (Å²) >= 11 is 0. The van der Waals surface area contributed by atoms with E-state index in [2.05, 4.69) is 122 Å². The Kier molecular flexibility index (Phi) is 18.9. The largest absolute Gasteiger partial charge is 0.449 e. The standard InChI is InChI=1S/2C10H17NO.3C7H11NO/c1-6(2)9-10(7(3)4)12-8(5)11-9;1-6(2)9-8(5)12-10(11-9)7(3)4;1-5(2)7-6(3)9-4-8-7;1-5(2)7-4-9-6(3)8-7;1-5(2)7-8-4-6(3)9-7/h2*6-7H,1-5H3;3*4-5H,1-3H3. The van der Waals surface area contributed by atoms with Gasteiger partial charge in [0.25, 0.3) is 0 Å². The van der Waals surface area contributed by atoms with E-state index < -0.39 is 0 Å². The van der Waals surface area contributed by atoms with Crippen molar-refractivity contribution in [2.75, 3.05) is 0 Å². The number of hydrogen-bond donors (Lipinski definition) is 0. The second-order valence-electron chi connectivity index (χ2n) is 15.0. The Labute approximate surface area is 307 Å². The van der Waals surface area contributed by atoms with Crippen molar-refractivity contribution in [3.05, 3.63) is 88.2 Å². The van der Waals surface area contributed by atoms with Crippen LogP contribution >= 0.6 is 0 Å². The average Bonchev–Trinajstić information content (AvgIpc) is 3.86. The molecule has 0 atom stereocenters. The van der Waals surface area contributed by atoms with Gasteiger partial charge in [0.2, 0.25) is 0 Å². The first-order valence-electron chi connectivity index (χ1n) is 18.3. The third kappa shape index (κ3) is 15.4.